The van der Waals surface area contributed by atoms with Crippen molar-refractivity contribution < 1.29 is 24.2 Å². The van der Waals surface area contributed by atoms with Crippen LogP contribution in [0.1, 0.15) is 34.1 Å². The largest absolute Gasteiger partial charge is 0.480 e. The van der Waals surface area contributed by atoms with Crippen LogP contribution in [0.3, 0.4) is 0 Å². The van der Waals surface area contributed by atoms with Gasteiger partial charge < -0.3 is 14.6 Å². The highest BCUT2D eigenvalue weighted by Gasteiger charge is 2.41. The van der Waals surface area contributed by atoms with E-state index >= 15 is 0 Å². The van der Waals surface area contributed by atoms with Gasteiger partial charge in [-0.2, -0.15) is 0 Å². The van der Waals surface area contributed by atoms with Crippen LogP contribution < -0.4 is 0 Å². The normalized spacial score (nSPS) is 24.1. The molecular weight excluding hydrogens is 238 g/mol. The minimum absolute atomic E-state index is 0.233. The molecule has 0 radical (unpaired) electrons. The first-order valence-electron chi connectivity index (χ1n) is 6.08. The molecule has 1 saturated heterocycles. The smallest absolute Gasteiger partial charge is 0.411 e. The minimum atomic E-state index is -1.02. The van der Waals surface area contributed by atoms with Gasteiger partial charge in [0.1, 0.15) is 11.6 Å². The van der Waals surface area contributed by atoms with Crippen molar-refractivity contribution in [3.63, 3.8) is 0 Å². The lowest BCUT2D eigenvalue weighted by Crippen LogP contribution is -2.43. The second kappa shape index (κ2) is 5.56. The molecule has 0 spiro atoms. The molecule has 18 heavy (non-hydrogen) atoms. The third kappa shape index (κ3) is 3.87. The molecular formula is C12H21NO5. The van der Waals surface area contributed by atoms with Crippen LogP contribution in [0.25, 0.3) is 0 Å². The molecule has 6 nitrogen and oxygen atoms in total. The number of aliphatic carboxylic acids is 1. The topological polar surface area (TPSA) is 76.1 Å². The van der Waals surface area contributed by atoms with E-state index in [1.165, 1.54) is 4.90 Å². The molecule has 0 bridgehead atoms. The number of nitrogens with zero attached hydrogens (tertiary/aromatic N) is 1. The van der Waals surface area contributed by atoms with E-state index in [0.29, 0.717) is 13.0 Å². The number of carbonyl (C=O) groups is 2. The van der Waals surface area contributed by atoms with Crippen LogP contribution in [0, 0.1) is 0 Å². The fourth-order valence-electron chi connectivity index (χ4n) is 1.91. The van der Waals surface area contributed by atoms with Crippen molar-refractivity contribution in [2.24, 2.45) is 0 Å². The van der Waals surface area contributed by atoms with Crippen LogP contribution in [-0.4, -0.2) is 53.0 Å². The molecule has 0 aromatic heterocycles. The van der Waals surface area contributed by atoms with E-state index in [4.69, 9.17) is 14.6 Å². The van der Waals surface area contributed by atoms with Crippen LogP contribution in [0.15, 0.2) is 0 Å². The lowest BCUT2D eigenvalue weighted by molar-refractivity contribution is -0.142. The van der Waals surface area contributed by atoms with Gasteiger partial charge in [-0.25, -0.2) is 9.59 Å². The third-order valence-corrected chi connectivity index (χ3v) is 2.58. The first-order valence-corrected chi connectivity index (χ1v) is 6.08. The van der Waals surface area contributed by atoms with Gasteiger partial charge in [-0.3, -0.25) is 4.90 Å². The summed E-state index contributed by atoms with van der Waals surface area (Å²) in [7, 11) is 0. The fraction of sp³-hybridized carbons (Fsp3) is 0.833. The molecule has 1 aliphatic rings. The Bertz CT molecular complexity index is 323. The summed E-state index contributed by atoms with van der Waals surface area (Å²) >= 11 is 0. The van der Waals surface area contributed by atoms with E-state index in [1.54, 1.807) is 20.8 Å². The van der Waals surface area contributed by atoms with Gasteiger partial charge in [-0.05, 0) is 27.7 Å². The molecule has 2 atom stereocenters. The van der Waals surface area contributed by atoms with Gasteiger partial charge in [-0.1, -0.05) is 0 Å². The summed E-state index contributed by atoms with van der Waals surface area (Å²) in [6.45, 7) is 7.84. The fourth-order valence-corrected chi connectivity index (χ4v) is 1.91. The molecule has 0 aliphatic carbocycles. The van der Waals surface area contributed by atoms with Gasteiger partial charge in [0.15, 0.2) is 0 Å². The zero-order valence-corrected chi connectivity index (χ0v) is 11.3. The Morgan fingerprint density at radius 3 is 2.44 bits per heavy atom. The molecule has 1 N–H and O–H groups in total. The van der Waals surface area contributed by atoms with Crippen LogP contribution in [-0.2, 0) is 14.3 Å². The monoisotopic (exact) mass is 259 g/mol. The number of amides is 1. The Kier molecular flexibility index (Phi) is 4.56. The van der Waals surface area contributed by atoms with E-state index in [-0.39, 0.29) is 12.6 Å². The number of carboxylic acids is 1. The SMILES string of the molecule is CCO[C@H]1C[C@H](C(=O)O)N(C(=O)OC(C)(C)C)C1. The van der Waals surface area contributed by atoms with Gasteiger partial charge in [0.2, 0.25) is 0 Å². The zero-order valence-electron chi connectivity index (χ0n) is 11.3. The van der Waals surface area contributed by atoms with E-state index in [2.05, 4.69) is 0 Å². The van der Waals surface area contributed by atoms with Crippen molar-refractivity contribution in [1.82, 2.24) is 4.90 Å². The third-order valence-electron chi connectivity index (χ3n) is 2.58. The minimum Gasteiger partial charge on any atom is -0.480 e. The Morgan fingerprint density at radius 2 is 2.00 bits per heavy atom. The molecule has 1 aliphatic heterocycles. The maximum atomic E-state index is 11.9. The maximum Gasteiger partial charge on any atom is 0.411 e. The number of hydrogen-bond donors (Lipinski definition) is 1. The Hall–Kier alpha value is -1.30. The summed E-state index contributed by atoms with van der Waals surface area (Å²) in [5.41, 5.74) is -0.635. The summed E-state index contributed by atoms with van der Waals surface area (Å²) in [5.74, 6) is -1.02. The second-order valence-corrected chi connectivity index (χ2v) is 5.30. The van der Waals surface area contributed by atoms with E-state index in [1.807, 2.05) is 6.92 Å². The molecule has 0 aromatic carbocycles. The number of likely N-dealkylation sites (tertiary alicyclic amines) is 1. The van der Waals surface area contributed by atoms with Crippen molar-refractivity contribution in [3.05, 3.63) is 0 Å². The van der Waals surface area contributed by atoms with Gasteiger partial charge in [0.05, 0.1) is 12.6 Å². The average molecular weight is 259 g/mol. The van der Waals surface area contributed by atoms with Gasteiger partial charge in [-0.15, -0.1) is 0 Å². The molecule has 1 amide bonds. The van der Waals surface area contributed by atoms with Crippen LogP contribution in [0.5, 0.6) is 0 Å². The summed E-state index contributed by atoms with van der Waals surface area (Å²) in [6.07, 6.45) is -0.525. The average Bonchev–Trinajstić information content (AvgIpc) is 2.59. The molecule has 104 valence electrons. The zero-order chi connectivity index (χ0) is 13.9. The molecule has 0 aromatic rings. The number of hydrogen-bond acceptors (Lipinski definition) is 4. The molecule has 1 heterocycles. The Balaban J connectivity index is 2.72. The van der Waals surface area contributed by atoms with Gasteiger partial charge >= 0.3 is 12.1 Å². The highest BCUT2D eigenvalue weighted by atomic mass is 16.6. The molecule has 1 rings (SSSR count). The summed E-state index contributed by atoms with van der Waals surface area (Å²) < 4.78 is 10.6. The van der Waals surface area contributed by atoms with E-state index in [9.17, 15) is 9.59 Å². The first-order chi connectivity index (χ1) is 8.24. The molecule has 0 unspecified atom stereocenters. The molecule has 6 heteroatoms. The second-order valence-electron chi connectivity index (χ2n) is 5.30. The van der Waals surface area contributed by atoms with Crippen molar-refractivity contribution in [1.29, 1.82) is 0 Å². The molecule has 1 fully saturated rings. The number of carboxylic acid groups (broad SMARTS) is 1. The lowest BCUT2D eigenvalue weighted by Gasteiger charge is -2.26. The van der Waals surface area contributed by atoms with E-state index in [0.717, 1.165) is 0 Å². The number of carbonyl (C=O) groups excluding carboxylic acids is 1. The highest BCUT2D eigenvalue weighted by Crippen LogP contribution is 2.23. The van der Waals surface area contributed by atoms with Gasteiger partial charge in [0, 0.05) is 13.0 Å². The predicted molar refractivity (Wildman–Crippen MR) is 64.4 cm³/mol. The molecule has 0 saturated carbocycles. The van der Waals surface area contributed by atoms with E-state index < -0.39 is 23.7 Å². The lowest BCUT2D eigenvalue weighted by atomic mass is 10.2. The summed E-state index contributed by atoms with van der Waals surface area (Å²) in [5, 5.41) is 9.11. The summed E-state index contributed by atoms with van der Waals surface area (Å²) in [4.78, 5) is 24.3. The Morgan fingerprint density at radius 1 is 1.39 bits per heavy atom. The summed E-state index contributed by atoms with van der Waals surface area (Å²) in [6, 6.07) is -0.864. The standard InChI is InChI=1S/C12H21NO5/c1-5-17-8-6-9(10(14)15)13(7-8)11(16)18-12(2,3)4/h8-9H,5-7H2,1-4H3,(H,14,15)/t8-,9+/m0/s1. The van der Waals surface area contributed by atoms with Crippen LogP contribution in [0.2, 0.25) is 0 Å². The predicted octanol–water partition coefficient (Wildman–Crippen LogP) is 1.49. The number of ether oxygens (including phenoxy) is 2. The van der Waals surface area contributed by atoms with Crippen molar-refractivity contribution in [3.8, 4) is 0 Å². The maximum absolute atomic E-state index is 11.9. The quantitative estimate of drug-likeness (QED) is 0.831. The van der Waals surface area contributed by atoms with Crippen molar-refractivity contribution >= 4 is 12.1 Å². The van der Waals surface area contributed by atoms with Crippen molar-refractivity contribution in [2.75, 3.05) is 13.2 Å². The van der Waals surface area contributed by atoms with Crippen LogP contribution in [0.4, 0.5) is 4.79 Å². The Labute approximate surface area is 107 Å². The van der Waals surface area contributed by atoms with Gasteiger partial charge in [0.25, 0.3) is 0 Å². The highest BCUT2D eigenvalue weighted by molar-refractivity contribution is 5.81. The van der Waals surface area contributed by atoms with Crippen LogP contribution >= 0.6 is 0 Å². The number of rotatable bonds is 3. The first kappa shape index (κ1) is 14.8. The van der Waals surface area contributed by atoms with Crippen molar-refractivity contribution in [2.45, 2.75) is 51.9 Å².